The molecule has 0 saturated carbocycles. The molecule has 0 radical (unpaired) electrons. The third kappa shape index (κ3) is 2.15. The van der Waals surface area contributed by atoms with Gasteiger partial charge in [-0.05, 0) is 29.7 Å². The van der Waals surface area contributed by atoms with Gasteiger partial charge in [0, 0.05) is 30.2 Å². The Bertz CT molecular complexity index is 710. The Hall–Kier alpha value is -2.06. The lowest BCUT2D eigenvalue weighted by atomic mass is 10.1. The molecular weight excluding hydrogens is 232 g/mol. The van der Waals surface area contributed by atoms with Crippen molar-refractivity contribution in [3.63, 3.8) is 0 Å². The number of hydrogen-bond acceptors (Lipinski definition) is 1. The molecule has 2 N–H and O–H groups in total. The van der Waals surface area contributed by atoms with Crippen molar-refractivity contribution >= 4 is 10.9 Å². The van der Waals surface area contributed by atoms with Crippen LogP contribution in [-0.4, -0.2) is 4.57 Å². The minimum absolute atomic E-state index is 0.592. The summed E-state index contributed by atoms with van der Waals surface area (Å²) in [5.41, 5.74) is 10.9. The van der Waals surface area contributed by atoms with Crippen molar-refractivity contribution in [2.24, 2.45) is 5.73 Å². The molecule has 0 fully saturated rings. The van der Waals surface area contributed by atoms with Crippen LogP contribution in [0.5, 0.6) is 0 Å². The maximum Gasteiger partial charge on any atom is 0.0486 e. The lowest BCUT2D eigenvalue weighted by Crippen LogP contribution is -2.05. The zero-order valence-corrected chi connectivity index (χ0v) is 11.1. The average Bonchev–Trinajstić information content (AvgIpc) is 2.77. The lowest BCUT2D eigenvalue weighted by Gasteiger charge is -2.10. The second kappa shape index (κ2) is 4.90. The quantitative estimate of drug-likeness (QED) is 0.758. The largest absolute Gasteiger partial charge is 0.343 e. The van der Waals surface area contributed by atoms with Gasteiger partial charge in [-0.3, -0.25) is 0 Å². The van der Waals surface area contributed by atoms with Crippen LogP contribution in [0.15, 0.2) is 54.7 Å². The van der Waals surface area contributed by atoms with Gasteiger partial charge in [-0.1, -0.05) is 42.5 Å². The molecule has 2 nitrogen and oxygen atoms in total. The topological polar surface area (TPSA) is 30.9 Å². The molecule has 2 heteroatoms. The van der Waals surface area contributed by atoms with E-state index >= 15 is 0 Å². The minimum Gasteiger partial charge on any atom is -0.343 e. The van der Waals surface area contributed by atoms with E-state index < -0.39 is 0 Å². The van der Waals surface area contributed by atoms with Gasteiger partial charge >= 0.3 is 0 Å². The van der Waals surface area contributed by atoms with Gasteiger partial charge in [0.25, 0.3) is 0 Å². The second-order valence-electron chi connectivity index (χ2n) is 4.93. The summed E-state index contributed by atoms with van der Waals surface area (Å²) in [7, 11) is 0. The maximum atomic E-state index is 5.81. The summed E-state index contributed by atoms with van der Waals surface area (Å²) in [6, 6.07) is 16.9. The Morgan fingerprint density at radius 1 is 0.947 bits per heavy atom. The highest BCUT2D eigenvalue weighted by molar-refractivity contribution is 5.83. The monoisotopic (exact) mass is 250 g/mol. The first-order valence-electron chi connectivity index (χ1n) is 6.61. The fraction of sp³-hybridized carbons (Fsp3) is 0.176. The molecule has 0 spiro atoms. The van der Waals surface area contributed by atoms with Crippen LogP contribution in [0.4, 0.5) is 0 Å². The van der Waals surface area contributed by atoms with E-state index in [-0.39, 0.29) is 0 Å². The number of para-hydroxylation sites is 1. The highest BCUT2D eigenvalue weighted by atomic mass is 15.0. The summed E-state index contributed by atoms with van der Waals surface area (Å²) in [5, 5.41) is 1.33. The van der Waals surface area contributed by atoms with Gasteiger partial charge in [-0.15, -0.1) is 0 Å². The van der Waals surface area contributed by atoms with Crippen molar-refractivity contribution in [3.8, 4) is 0 Å². The first-order chi connectivity index (χ1) is 9.29. The Balaban J connectivity index is 2.06. The van der Waals surface area contributed by atoms with Crippen molar-refractivity contribution in [3.05, 3.63) is 71.4 Å². The number of benzene rings is 2. The highest BCUT2D eigenvalue weighted by Crippen LogP contribution is 2.22. The Morgan fingerprint density at radius 2 is 1.63 bits per heavy atom. The van der Waals surface area contributed by atoms with Gasteiger partial charge in [-0.2, -0.15) is 0 Å². The van der Waals surface area contributed by atoms with Crippen LogP contribution in [0.3, 0.4) is 0 Å². The number of nitrogens with two attached hydrogens (primary N) is 1. The van der Waals surface area contributed by atoms with E-state index in [0.29, 0.717) is 6.54 Å². The van der Waals surface area contributed by atoms with Crippen LogP contribution in [0.1, 0.15) is 16.7 Å². The molecule has 0 aliphatic heterocycles. The van der Waals surface area contributed by atoms with E-state index in [9.17, 15) is 0 Å². The van der Waals surface area contributed by atoms with E-state index in [4.69, 9.17) is 5.73 Å². The zero-order valence-electron chi connectivity index (χ0n) is 11.1. The molecule has 0 aliphatic carbocycles. The highest BCUT2D eigenvalue weighted by Gasteiger charge is 2.06. The van der Waals surface area contributed by atoms with Gasteiger partial charge in [0.05, 0.1) is 0 Å². The van der Waals surface area contributed by atoms with E-state index in [2.05, 4.69) is 60.2 Å². The predicted molar refractivity (Wildman–Crippen MR) is 80.1 cm³/mol. The molecule has 0 unspecified atom stereocenters. The van der Waals surface area contributed by atoms with Crippen molar-refractivity contribution in [2.45, 2.75) is 20.0 Å². The molecule has 0 atom stereocenters. The average molecular weight is 250 g/mol. The molecule has 0 saturated heterocycles. The van der Waals surface area contributed by atoms with Crippen molar-refractivity contribution < 1.29 is 0 Å². The molecule has 3 rings (SSSR count). The standard InChI is InChI=1S/C17H18N2/c1-13-11-19(17-9-5-4-8-16(13)17)12-15-7-3-2-6-14(15)10-18/h2-9,11H,10,12,18H2,1H3. The molecule has 0 aliphatic rings. The fourth-order valence-corrected chi connectivity index (χ4v) is 2.66. The normalized spacial score (nSPS) is 11.1. The SMILES string of the molecule is Cc1cn(Cc2ccccc2CN)c2ccccc12. The van der Waals surface area contributed by atoms with Crippen LogP contribution >= 0.6 is 0 Å². The van der Waals surface area contributed by atoms with Crippen molar-refractivity contribution in [2.75, 3.05) is 0 Å². The minimum atomic E-state index is 0.592. The van der Waals surface area contributed by atoms with E-state index in [1.165, 1.54) is 27.6 Å². The summed E-state index contributed by atoms with van der Waals surface area (Å²) >= 11 is 0. The molecule has 19 heavy (non-hydrogen) atoms. The molecule has 0 amide bonds. The van der Waals surface area contributed by atoms with Crippen LogP contribution in [0.2, 0.25) is 0 Å². The van der Waals surface area contributed by atoms with Crippen molar-refractivity contribution in [1.82, 2.24) is 4.57 Å². The summed E-state index contributed by atoms with van der Waals surface area (Å²) < 4.78 is 2.30. The number of hydrogen-bond donors (Lipinski definition) is 1. The summed E-state index contributed by atoms with van der Waals surface area (Å²) in [6.45, 7) is 3.63. The van der Waals surface area contributed by atoms with Crippen LogP contribution < -0.4 is 5.73 Å². The third-order valence-electron chi connectivity index (χ3n) is 3.67. The Labute approximate surface area is 113 Å². The number of aryl methyl sites for hydroxylation is 1. The van der Waals surface area contributed by atoms with Gasteiger partial charge in [0.2, 0.25) is 0 Å². The van der Waals surface area contributed by atoms with Gasteiger partial charge < -0.3 is 10.3 Å². The van der Waals surface area contributed by atoms with E-state index in [1.807, 2.05) is 6.07 Å². The summed E-state index contributed by atoms with van der Waals surface area (Å²) in [4.78, 5) is 0. The van der Waals surface area contributed by atoms with Gasteiger partial charge in [0.15, 0.2) is 0 Å². The lowest BCUT2D eigenvalue weighted by molar-refractivity contribution is 0.818. The fourth-order valence-electron chi connectivity index (χ4n) is 2.66. The molecule has 1 heterocycles. The first kappa shape index (κ1) is 12.0. The Morgan fingerprint density at radius 3 is 2.42 bits per heavy atom. The van der Waals surface area contributed by atoms with Crippen LogP contribution in [0.25, 0.3) is 10.9 Å². The number of fused-ring (bicyclic) bond motifs is 1. The Kier molecular flexibility index (Phi) is 3.10. The molecule has 1 aromatic heterocycles. The summed E-state index contributed by atoms with van der Waals surface area (Å²) in [5.74, 6) is 0. The predicted octanol–water partition coefficient (Wildman–Crippen LogP) is 3.46. The molecule has 2 aromatic carbocycles. The van der Waals surface area contributed by atoms with E-state index in [1.54, 1.807) is 0 Å². The van der Waals surface area contributed by atoms with Gasteiger partial charge in [-0.25, -0.2) is 0 Å². The zero-order chi connectivity index (χ0) is 13.2. The van der Waals surface area contributed by atoms with Crippen molar-refractivity contribution in [1.29, 1.82) is 0 Å². The van der Waals surface area contributed by atoms with E-state index in [0.717, 1.165) is 6.54 Å². The van der Waals surface area contributed by atoms with Gasteiger partial charge in [0.1, 0.15) is 0 Å². The first-order valence-corrected chi connectivity index (χ1v) is 6.61. The third-order valence-corrected chi connectivity index (χ3v) is 3.67. The molecule has 96 valence electrons. The molecular formula is C17H18N2. The maximum absolute atomic E-state index is 5.81. The smallest absolute Gasteiger partial charge is 0.0486 e. The van der Waals surface area contributed by atoms with Crippen LogP contribution in [-0.2, 0) is 13.1 Å². The second-order valence-corrected chi connectivity index (χ2v) is 4.93. The molecule has 0 bridgehead atoms. The van der Waals surface area contributed by atoms with Crippen LogP contribution in [0, 0.1) is 6.92 Å². The number of aromatic nitrogens is 1. The summed E-state index contributed by atoms with van der Waals surface area (Å²) in [6.07, 6.45) is 2.22. The number of rotatable bonds is 3. The molecule has 3 aromatic rings. The number of nitrogens with zero attached hydrogens (tertiary/aromatic N) is 1.